The van der Waals surface area contributed by atoms with Crippen LogP contribution in [-0.2, 0) is 13.1 Å². The van der Waals surface area contributed by atoms with Gasteiger partial charge < -0.3 is 9.84 Å². The van der Waals surface area contributed by atoms with E-state index in [4.69, 9.17) is 16.1 Å². The van der Waals surface area contributed by atoms with E-state index in [-0.39, 0.29) is 24.1 Å². The lowest BCUT2D eigenvalue weighted by molar-refractivity contribution is 0.360. The van der Waals surface area contributed by atoms with Crippen molar-refractivity contribution in [1.82, 2.24) is 25.2 Å². The number of hydrogen-bond donors (Lipinski definition) is 1. The van der Waals surface area contributed by atoms with Gasteiger partial charge in [-0.15, -0.1) is 22.6 Å². The van der Waals surface area contributed by atoms with Crippen LogP contribution in [0.5, 0.6) is 0 Å². The predicted molar refractivity (Wildman–Crippen MR) is 122 cm³/mol. The molecule has 0 bridgehead atoms. The number of halogens is 3. The average molecular weight is 474 g/mol. The molecule has 4 aromatic rings. The quantitative estimate of drug-likeness (QED) is 0.406. The van der Waals surface area contributed by atoms with E-state index < -0.39 is 0 Å². The molecule has 0 unspecified atom stereocenters. The van der Waals surface area contributed by atoms with E-state index in [1.807, 2.05) is 12.1 Å². The Bertz CT molecular complexity index is 1280. The minimum absolute atomic E-state index is 0. The number of fused-ring (bicyclic) bond motifs is 4. The molecule has 3 heterocycles. The Labute approximate surface area is 195 Å². The summed E-state index contributed by atoms with van der Waals surface area (Å²) in [7, 11) is 0. The highest BCUT2D eigenvalue weighted by Crippen LogP contribution is 2.42. The maximum atomic E-state index is 13.7. The van der Waals surface area contributed by atoms with E-state index in [1.165, 1.54) is 12.1 Å². The number of hydrogen-bond acceptors (Lipinski definition) is 5. The molecule has 2 aliphatic rings. The highest BCUT2D eigenvalue weighted by Gasteiger charge is 2.31. The van der Waals surface area contributed by atoms with Crippen LogP contribution in [0.3, 0.4) is 0 Å². The van der Waals surface area contributed by atoms with E-state index in [2.05, 4.69) is 31.3 Å². The van der Waals surface area contributed by atoms with Crippen molar-refractivity contribution >= 4 is 35.0 Å². The molecule has 1 N–H and O–H groups in total. The molecule has 1 aliphatic heterocycles. The summed E-state index contributed by atoms with van der Waals surface area (Å²) in [5, 5.41) is 18.3. The highest BCUT2D eigenvalue weighted by molar-refractivity contribution is 6.30. The second-order valence-corrected chi connectivity index (χ2v) is 8.88. The van der Waals surface area contributed by atoms with Gasteiger partial charge in [0.15, 0.2) is 11.4 Å². The van der Waals surface area contributed by atoms with E-state index in [9.17, 15) is 4.39 Å². The molecule has 6 nitrogen and oxygen atoms in total. The Kier molecular flexibility index (Phi) is 5.65. The van der Waals surface area contributed by atoms with E-state index in [1.54, 1.807) is 6.07 Å². The number of rotatable bonds is 2. The van der Waals surface area contributed by atoms with Crippen LogP contribution >= 0.6 is 24.0 Å². The van der Waals surface area contributed by atoms with Crippen molar-refractivity contribution in [2.24, 2.45) is 0 Å². The maximum Gasteiger partial charge on any atom is 0.167 e. The Morgan fingerprint density at radius 2 is 1.81 bits per heavy atom. The van der Waals surface area contributed by atoms with Crippen LogP contribution in [0.1, 0.15) is 60.4 Å². The first-order valence-corrected chi connectivity index (χ1v) is 11.0. The average Bonchev–Trinajstić information content (AvgIpc) is 3.34. The van der Waals surface area contributed by atoms with Gasteiger partial charge in [0.2, 0.25) is 0 Å². The summed E-state index contributed by atoms with van der Waals surface area (Å²) in [5.74, 6) is 2.25. The van der Waals surface area contributed by atoms with Gasteiger partial charge >= 0.3 is 0 Å². The molecule has 32 heavy (non-hydrogen) atoms. The SMILES string of the molecule is Cl.Fc1ccc2onc([C@H]3CC[C@H](c4nnc5n4-c4ccc(Cl)cc4CNC5)CC3)c2c1. The monoisotopic (exact) mass is 473 g/mol. The third-order valence-corrected chi connectivity index (χ3v) is 6.81. The number of nitrogens with zero attached hydrogens (tertiary/aromatic N) is 4. The highest BCUT2D eigenvalue weighted by atomic mass is 35.5. The fourth-order valence-corrected chi connectivity index (χ4v) is 5.24. The molecule has 0 radical (unpaired) electrons. The Balaban J connectivity index is 0.00000216. The molecule has 6 rings (SSSR count). The largest absolute Gasteiger partial charge is 0.356 e. The summed E-state index contributed by atoms with van der Waals surface area (Å²) in [4.78, 5) is 0. The summed E-state index contributed by atoms with van der Waals surface area (Å²) in [6.45, 7) is 1.42. The van der Waals surface area contributed by atoms with Crippen LogP contribution in [0.25, 0.3) is 16.7 Å². The Morgan fingerprint density at radius 3 is 2.66 bits per heavy atom. The van der Waals surface area contributed by atoms with Crippen LogP contribution < -0.4 is 5.32 Å². The smallest absolute Gasteiger partial charge is 0.167 e. The van der Waals surface area contributed by atoms with Crippen LogP contribution in [0, 0.1) is 5.82 Å². The molecule has 2 aromatic heterocycles. The second kappa shape index (κ2) is 8.46. The third-order valence-electron chi connectivity index (χ3n) is 6.58. The number of benzene rings is 2. The zero-order valence-electron chi connectivity index (χ0n) is 17.2. The van der Waals surface area contributed by atoms with E-state index >= 15 is 0 Å². The Morgan fingerprint density at radius 1 is 1.00 bits per heavy atom. The van der Waals surface area contributed by atoms with Crippen molar-refractivity contribution in [2.45, 2.75) is 50.6 Å². The molecule has 0 saturated heterocycles. The zero-order chi connectivity index (χ0) is 20.9. The molecular weight excluding hydrogens is 452 g/mol. The fraction of sp³-hybridized carbons (Fsp3) is 0.348. The number of aromatic nitrogens is 4. The van der Waals surface area contributed by atoms with Crippen molar-refractivity contribution in [1.29, 1.82) is 0 Å². The van der Waals surface area contributed by atoms with Crippen molar-refractivity contribution in [3.05, 3.63) is 70.1 Å². The molecule has 0 spiro atoms. The predicted octanol–water partition coefficient (Wildman–Crippen LogP) is 5.67. The second-order valence-electron chi connectivity index (χ2n) is 8.44. The maximum absolute atomic E-state index is 13.7. The van der Waals surface area contributed by atoms with Crippen LogP contribution in [0.15, 0.2) is 40.9 Å². The standard InChI is InChI=1S/C23H21ClFN5O.ClH/c24-16-5-7-19-15(9-16)11-26-12-21-27-28-23(30(19)21)14-3-1-13(2-4-14)22-18-10-17(25)6-8-20(18)31-29-22;/h5-10,13-14,26H,1-4,11-12H2;1H/t13-,14-;. The molecule has 0 amide bonds. The van der Waals surface area contributed by atoms with Crippen molar-refractivity contribution in [3.63, 3.8) is 0 Å². The number of nitrogens with one attached hydrogen (secondary N) is 1. The summed E-state index contributed by atoms with van der Waals surface area (Å²) >= 11 is 6.23. The molecule has 1 aliphatic carbocycles. The lowest BCUT2D eigenvalue weighted by Gasteiger charge is -2.27. The summed E-state index contributed by atoms with van der Waals surface area (Å²) in [6, 6.07) is 10.6. The third kappa shape index (κ3) is 3.58. The minimum Gasteiger partial charge on any atom is -0.356 e. The van der Waals surface area contributed by atoms with Crippen molar-refractivity contribution < 1.29 is 8.91 Å². The molecule has 1 saturated carbocycles. The zero-order valence-corrected chi connectivity index (χ0v) is 18.8. The van der Waals surface area contributed by atoms with Gasteiger partial charge in [0, 0.05) is 28.8 Å². The first-order chi connectivity index (χ1) is 15.2. The Hall–Kier alpha value is -2.48. The molecule has 0 atom stereocenters. The van der Waals surface area contributed by atoms with Crippen molar-refractivity contribution in [3.8, 4) is 5.69 Å². The van der Waals surface area contributed by atoms with Gasteiger partial charge in [-0.2, -0.15) is 0 Å². The van der Waals surface area contributed by atoms with Gasteiger partial charge in [-0.25, -0.2) is 4.39 Å². The first kappa shape index (κ1) is 21.4. The summed E-state index contributed by atoms with van der Waals surface area (Å²) < 4.78 is 21.4. The van der Waals surface area contributed by atoms with E-state index in [0.717, 1.165) is 71.2 Å². The van der Waals surface area contributed by atoms with Gasteiger partial charge in [-0.3, -0.25) is 4.57 Å². The molecule has 2 aromatic carbocycles. The molecular formula is C23H22Cl2FN5O. The van der Waals surface area contributed by atoms with E-state index in [0.29, 0.717) is 18.0 Å². The lowest BCUT2D eigenvalue weighted by Crippen LogP contribution is -2.17. The summed E-state index contributed by atoms with van der Waals surface area (Å²) in [6.07, 6.45) is 3.86. The van der Waals surface area contributed by atoms with Crippen LogP contribution in [-0.4, -0.2) is 19.9 Å². The van der Waals surface area contributed by atoms with Gasteiger partial charge in [0.25, 0.3) is 0 Å². The lowest BCUT2D eigenvalue weighted by atomic mass is 9.79. The fourth-order valence-electron chi connectivity index (χ4n) is 5.04. The van der Waals surface area contributed by atoms with Gasteiger partial charge in [0.1, 0.15) is 11.6 Å². The topological polar surface area (TPSA) is 68.8 Å². The van der Waals surface area contributed by atoms with Gasteiger partial charge in [0.05, 0.1) is 17.9 Å². The molecule has 9 heteroatoms. The van der Waals surface area contributed by atoms with Crippen molar-refractivity contribution in [2.75, 3.05) is 0 Å². The van der Waals surface area contributed by atoms with Gasteiger partial charge in [-0.1, -0.05) is 16.8 Å². The van der Waals surface area contributed by atoms with Gasteiger partial charge in [-0.05, 0) is 67.6 Å². The summed E-state index contributed by atoms with van der Waals surface area (Å²) in [5.41, 5.74) is 3.77. The molecule has 166 valence electrons. The first-order valence-electron chi connectivity index (χ1n) is 10.7. The minimum atomic E-state index is -0.260. The van der Waals surface area contributed by atoms with Crippen LogP contribution in [0.4, 0.5) is 4.39 Å². The molecule has 1 fully saturated rings. The normalized spacial score (nSPS) is 20.3. The van der Waals surface area contributed by atoms with Crippen LogP contribution in [0.2, 0.25) is 5.02 Å².